The lowest BCUT2D eigenvalue weighted by Gasteiger charge is -2.41. The molecule has 6 N–H and O–H groups in total. The van der Waals surface area contributed by atoms with Gasteiger partial charge in [-0.2, -0.15) is 0 Å². The highest BCUT2D eigenvalue weighted by molar-refractivity contribution is 7.47. The molecule has 6 atom stereocenters. The van der Waals surface area contributed by atoms with Gasteiger partial charge in [0.2, 0.25) is 0 Å². The molecule has 6 unspecified atom stereocenters. The van der Waals surface area contributed by atoms with Crippen LogP contribution in [0.5, 0.6) is 0 Å². The molecule has 0 heterocycles. The van der Waals surface area contributed by atoms with Crippen molar-refractivity contribution in [3.05, 3.63) is 36.5 Å². The van der Waals surface area contributed by atoms with Crippen molar-refractivity contribution >= 4 is 13.8 Å². The first-order valence-corrected chi connectivity index (χ1v) is 29.3. The van der Waals surface area contributed by atoms with Crippen LogP contribution in [0.1, 0.15) is 245 Å². The van der Waals surface area contributed by atoms with E-state index in [1.807, 2.05) is 0 Å². The van der Waals surface area contributed by atoms with Crippen molar-refractivity contribution in [1.82, 2.24) is 0 Å². The molecule has 68 heavy (non-hydrogen) atoms. The number of rotatable bonds is 48. The molecule has 1 fully saturated rings. The van der Waals surface area contributed by atoms with Gasteiger partial charge in [0, 0.05) is 13.0 Å². The van der Waals surface area contributed by atoms with Crippen LogP contribution in [0.15, 0.2) is 36.5 Å². The highest BCUT2D eigenvalue weighted by Crippen LogP contribution is 2.47. The Morgan fingerprint density at radius 1 is 0.471 bits per heavy atom. The van der Waals surface area contributed by atoms with Gasteiger partial charge in [-0.25, -0.2) is 4.57 Å². The van der Waals surface area contributed by atoms with Crippen LogP contribution in [0.4, 0.5) is 0 Å². The number of aliphatic hydroxyl groups is 5. The first kappa shape index (κ1) is 64.6. The van der Waals surface area contributed by atoms with E-state index in [0.29, 0.717) is 13.0 Å². The van der Waals surface area contributed by atoms with Gasteiger partial charge in [-0.1, -0.05) is 224 Å². The van der Waals surface area contributed by atoms with Crippen molar-refractivity contribution in [1.29, 1.82) is 0 Å². The van der Waals surface area contributed by atoms with Crippen LogP contribution in [0.2, 0.25) is 0 Å². The molecule has 0 radical (unpaired) electrons. The van der Waals surface area contributed by atoms with Gasteiger partial charge in [0.05, 0.1) is 13.2 Å². The molecule has 1 aliphatic rings. The molecular weight excluding hydrogens is 884 g/mol. The molecule has 0 saturated heterocycles. The molecule has 0 aromatic heterocycles. The molecule has 0 aliphatic heterocycles. The second kappa shape index (κ2) is 45.4. The molecule has 0 spiro atoms. The zero-order chi connectivity index (χ0) is 49.8. The summed E-state index contributed by atoms with van der Waals surface area (Å²) in [6.07, 6.45) is 43.5. The number of esters is 1. The quantitative estimate of drug-likeness (QED) is 0.0147. The number of ether oxygens (including phenoxy) is 2. The molecule has 13 heteroatoms. The molecule has 0 bridgehead atoms. The van der Waals surface area contributed by atoms with Crippen LogP contribution in [0, 0.1) is 0 Å². The lowest BCUT2D eigenvalue weighted by atomic mass is 9.85. The van der Waals surface area contributed by atoms with Crippen molar-refractivity contribution in [2.75, 3.05) is 19.8 Å². The topological polar surface area (TPSA) is 192 Å². The van der Waals surface area contributed by atoms with Crippen molar-refractivity contribution in [3.8, 4) is 0 Å². The Kier molecular flexibility index (Phi) is 43.1. The van der Waals surface area contributed by atoms with E-state index in [4.69, 9.17) is 18.5 Å². The maximum Gasteiger partial charge on any atom is 0.472 e. The van der Waals surface area contributed by atoms with Gasteiger partial charge >= 0.3 is 13.8 Å². The zero-order valence-corrected chi connectivity index (χ0v) is 44.1. The number of hydrogen-bond donors (Lipinski definition) is 6. The number of phosphoric ester groups is 1. The minimum atomic E-state index is -5.02. The normalized spacial score (nSPS) is 21.4. The van der Waals surface area contributed by atoms with Crippen molar-refractivity contribution in [2.24, 2.45) is 0 Å². The smallest absolute Gasteiger partial charge is 0.457 e. The molecule has 0 aromatic carbocycles. The van der Waals surface area contributed by atoms with Crippen LogP contribution in [0.25, 0.3) is 0 Å². The number of carbonyl (C=O) groups excluding carboxylic acids is 1. The summed E-state index contributed by atoms with van der Waals surface area (Å²) >= 11 is 0. The maximum atomic E-state index is 12.9. The monoisotopic (exact) mass is 987 g/mol. The second-order valence-corrected chi connectivity index (χ2v) is 20.8. The van der Waals surface area contributed by atoms with E-state index in [1.165, 1.54) is 154 Å². The van der Waals surface area contributed by atoms with Gasteiger partial charge in [0.25, 0.3) is 0 Å². The molecule has 1 aliphatic carbocycles. The standard InChI is InChI=1S/C55H103O12P/c1-3-5-7-9-11-13-15-17-19-21-22-23-24-25-26-27-29-31-33-35-37-39-41-43-45-64-46-48(47-65-68(62,63)67-55-53(60)51(58)50(57)52(59)54(55)61)66-49(56)44-42-40-38-36-34-32-30-28-20-18-16-14-12-10-8-6-4-2/h15,17,21-22,24-25,48,50-55,57-61H,3-14,16,18-20,23,26-47H2,1-2H3,(H,62,63)/b17-15-,22-21-,25-24-. The van der Waals surface area contributed by atoms with Gasteiger partial charge in [-0.15, -0.1) is 0 Å². The van der Waals surface area contributed by atoms with E-state index < -0.39 is 63.1 Å². The molecule has 1 saturated carbocycles. The van der Waals surface area contributed by atoms with E-state index in [2.05, 4.69) is 50.3 Å². The number of unbranched alkanes of at least 4 members (excludes halogenated alkanes) is 30. The summed E-state index contributed by atoms with van der Waals surface area (Å²) in [6.45, 7) is 4.28. The summed E-state index contributed by atoms with van der Waals surface area (Å²) in [5.41, 5.74) is 0. The largest absolute Gasteiger partial charge is 0.472 e. The minimum absolute atomic E-state index is 0.0775. The lowest BCUT2D eigenvalue weighted by Crippen LogP contribution is -2.64. The number of carbonyl (C=O) groups is 1. The van der Waals surface area contributed by atoms with Gasteiger partial charge in [0.15, 0.2) is 0 Å². The molecular formula is C55H103O12P. The number of allylic oxidation sites excluding steroid dienone is 6. The number of phosphoric acid groups is 1. The number of hydrogen-bond acceptors (Lipinski definition) is 11. The van der Waals surface area contributed by atoms with Crippen molar-refractivity contribution in [3.63, 3.8) is 0 Å². The van der Waals surface area contributed by atoms with Gasteiger partial charge in [-0.05, 0) is 51.4 Å². The van der Waals surface area contributed by atoms with Crippen LogP contribution in [0.3, 0.4) is 0 Å². The average Bonchev–Trinajstić information content (AvgIpc) is 3.32. The van der Waals surface area contributed by atoms with E-state index in [1.54, 1.807) is 0 Å². The van der Waals surface area contributed by atoms with Gasteiger partial charge in [-0.3, -0.25) is 13.8 Å². The predicted octanol–water partition coefficient (Wildman–Crippen LogP) is 13.0. The van der Waals surface area contributed by atoms with Crippen LogP contribution in [-0.2, 0) is 27.9 Å². The zero-order valence-electron chi connectivity index (χ0n) is 43.2. The summed E-state index contributed by atoms with van der Waals surface area (Å²) in [4.78, 5) is 23.3. The fourth-order valence-corrected chi connectivity index (χ4v) is 9.57. The Morgan fingerprint density at radius 2 is 0.824 bits per heavy atom. The van der Waals surface area contributed by atoms with E-state index in [-0.39, 0.29) is 13.0 Å². The van der Waals surface area contributed by atoms with Crippen LogP contribution >= 0.6 is 7.82 Å². The molecule has 0 amide bonds. The summed E-state index contributed by atoms with van der Waals surface area (Å²) in [5.74, 6) is -0.475. The SMILES string of the molecule is CCCCCCC/C=C\C/C=C\C/C=C\CCCCCCCCCCCOCC(COP(=O)(O)OC1C(O)C(O)C(O)C(O)C1O)OC(=O)CCCCCCCCCCCCCCCCCCC. The summed E-state index contributed by atoms with van der Waals surface area (Å²) in [6, 6.07) is 0. The highest BCUT2D eigenvalue weighted by atomic mass is 31.2. The fourth-order valence-electron chi connectivity index (χ4n) is 8.60. The molecule has 0 aromatic rings. The van der Waals surface area contributed by atoms with E-state index in [0.717, 1.165) is 64.2 Å². The molecule has 12 nitrogen and oxygen atoms in total. The Morgan fingerprint density at radius 3 is 1.25 bits per heavy atom. The third-order valence-corrected chi connectivity index (χ3v) is 14.0. The first-order chi connectivity index (χ1) is 33.0. The lowest BCUT2D eigenvalue weighted by molar-refractivity contribution is -0.220. The van der Waals surface area contributed by atoms with Crippen LogP contribution in [-0.4, -0.2) is 98.9 Å². The summed E-state index contributed by atoms with van der Waals surface area (Å²) < 4.78 is 34.4. The van der Waals surface area contributed by atoms with Crippen molar-refractivity contribution in [2.45, 2.75) is 288 Å². The maximum absolute atomic E-state index is 12.9. The number of aliphatic hydroxyl groups excluding tert-OH is 5. The Balaban J connectivity index is 2.30. The third-order valence-electron chi connectivity index (χ3n) is 13.0. The van der Waals surface area contributed by atoms with E-state index in [9.17, 15) is 39.8 Å². The highest BCUT2D eigenvalue weighted by Gasteiger charge is 2.51. The summed E-state index contributed by atoms with van der Waals surface area (Å²) in [7, 11) is -5.02. The summed E-state index contributed by atoms with van der Waals surface area (Å²) in [5, 5.41) is 50.4. The third kappa shape index (κ3) is 36.5. The van der Waals surface area contributed by atoms with Gasteiger partial charge < -0.3 is 39.9 Å². The van der Waals surface area contributed by atoms with Crippen LogP contribution < -0.4 is 0 Å². The molecule has 400 valence electrons. The Bertz CT molecular complexity index is 1260. The van der Waals surface area contributed by atoms with Gasteiger partial charge in [0.1, 0.15) is 42.7 Å². The first-order valence-electron chi connectivity index (χ1n) is 27.8. The van der Waals surface area contributed by atoms with E-state index >= 15 is 0 Å². The minimum Gasteiger partial charge on any atom is -0.457 e. The molecule has 1 rings (SSSR count). The second-order valence-electron chi connectivity index (χ2n) is 19.4. The predicted molar refractivity (Wildman–Crippen MR) is 276 cm³/mol. The fraction of sp³-hybridized carbons (Fsp3) is 0.873. The average molecular weight is 987 g/mol. The Labute approximate surface area is 414 Å². The Hall–Kier alpha value is -1.44. The van der Waals surface area contributed by atoms with Crippen molar-refractivity contribution < 1.29 is 58.3 Å².